The van der Waals surface area contributed by atoms with Gasteiger partial charge < -0.3 is 8.97 Å². The van der Waals surface area contributed by atoms with Gasteiger partial charge in [0, 0.05) is 32.8 Å². The minimum absolute atomic E-state index is 0.967. The van der Waals surface area contributed by atoms with Crippen LogP contribution in [0.5, 0.6) is 0 Å². The van der Waals surface area contributed by atoms with Crippen molar-refractivity contribution in [3.8, 4) is 28.1 Å². The summed E-state index contributed by atoms with van der Waals surface area (Å²) in [5, 5.41) is 6.16. The van der Waals surface area contributed by atoms with Crippen molar-refractivity contribution in [2.45, 2.75) is 0 Å². The Morgan fingerprint density at radius 2 is 1.11 bits per heavy atom. The van der Waals surface area contributed by atoms with Gasteiger partial charge >= 0.3 is 0 Å². The van der Waals surface area contributed by atoms with Crippen LogP contribution in [0.2, 0.25) is 0 Å². The summed E-state index contributed by atoms with van der Waals surface area (Å²) in [6.45, 7) is 0. The predicted molar refractivity (Wildman–Crippen MR) is 193 cm³/mol. The maximum atomic E-state index is 5.29. The first-order chi connectivity index (χ1) is 22.8. The molecule has 0 saturated carbocycles. The molecule has 0 unspecified atom stereocenters. The molecule has 3 aromatic heterocycles. The van der Waals surface area contributed by atoms with Crippen molar-refractivity contribution in [1.82, 2.24) is 14.0 Å². The number of para-hydroxylation sites is 3. The lowest BCUT2D eigenvalue weighted by molar-refractivity contribution is 1.17. The van der Waals surface area contributed by atoms with E-state index in [0.717, 1.165) is 38.9 Å². The highest BCUT2D eigenvalue weighted by molar-refractivity contribution is 6.23. The summed E-state index contributed by atoms with van der Waals surface area (Å²) in [4.78, 5) is 5.29. The third kappa shape index (κ3) is 3.57. The normalized spacial score (nSPS) is 11.9. The highest BCUT2D eigenvalue weighted by atomic mass is 15.0. The van der Waals surface area contributed by atoms with Crippen LogP contribution in [0.15, 0.2) is 164 Å². The van der Waals surface area contributed by atoms with E-state index in [1.165, 1.54) is 49.2 Å². The summed E-state index contributed by atoms with van der Waals surface area (Å²) in [5.74, 6) is 0. The average molecular weight is 586 g/mol. The lowest BCUT2D eigenvalue weighted by Crippen LogP contribution is -1.99. The largest absolute Gasteiger partial charge is 0.308 e. The number of rotatable bonds is 3. The van der Waals surface area contributed by atoms with E-state index in [2.05, 4.69) is 173 Å². The van der Waals surface area contributed by atoms with Crippen molar-refractivity contribution < 1.29 is 0 Å². The van der Waals surface area contributed by atoms with Gasteiger partial charge in [-0.3, -0.25) is 0 Å². The van der Waals surface area contributed by atoms with Crippen molar-refractivity contribution in [3.63, 3.8) is 0 Å². The van der Waals surface area contributed by atoms with Gasteiger partial charge in [-0.2, -0.15) is 0 Å². The molecule has 46 heavy (non-hydrogen) atoms. The van der Waals surface area contributed by atoms with E-state index in [9.17, 15) is 0 Å². The highest BCUT2D eigenvalue weighted by Crippen LogP contribution is 2.40. The predicted octanol–water partition coefficient (Wildman–Crippen LogP) is 11.2. The molecule has 7 aromatic carbocycles. The van der Waals surface area contributed by atoms with Gasteiger partial charge in [-0.15, -0.1) is 0 Å². The fourth-order valence-electron chi connectivity index (χ4n) is 7.46. The maximum absolute atomic E-state index is 5.29. The molecule has 0 spiro atoms. The van der Waals surface area contributed by atoms with Gasteiger partial charge in [0.15, 0.2) is 0 Å². The Morgan fingerprint density at radius 3 is 1.93 bits per heavy atom. The van der Waals surface area contributed by atoms with Crippen molar-refractivity contribution in [3.05, 3.63) is 164 Å². The fraction of sp³-hybridized carbons (Fsp3) is 0. The first-order valence-electron chi connectivity index (χ1n) is 15.7. The van der Waals surface area contributed by atoms with Crippen molar-refractivity contribution in [2.75, 3.05) is 0 Å². The van der Waals surface area contributed by atoms with Gasteiger partial charge in [-0.05, 0) is 59.0 Å². The maximum Gasteiger partial charge on any atom is 0.0736 e. The van der Waals surface area contributed by atoms with Crippen LogP contribution in [-0.2, 0) is 0 Å². The van der Waals surface area contributed by atoms with E-state index in [0.29, 0.717) is 0 Å². The molecule has 3 heteroatoms. The van der Waals surface area contributed by atoms with Crippen LogP contribution in [0.4, 0.5) is 0 Å². The SMILES string of the molecule is c1ccc(-c2cc(-c3ccccc3)c3ccc(-n4c5cccc6ccc7c8ccccc8n(c8ccccc84)c7c65)cc3n2)cc1. The van der Waals surface area contributed by atoms with E-state index in [4.69, 9.17) is 4.98 Å². The topological polar surface area (TPSA) is 22.2 Å². The molecule has 3 heterocycles. The summed E-state index contributed by atoms with van der Waals surface area (Å²) in [7, 11) is 0. The zero-order chi connectivity index (χ0) is 30.2. The summed E-state index contributed by atoms with van der Waals surface area (Å²) in [6.07, 6.45) is 0. The molecular weight excluding hydrogens is 558 g/mol. The third-order valence-corrected chi connectivity index (χ3v) is 9.47. The van der Waals surface area contributed by atoms with E-state index in [-0.39, 0.29) is 0 Å². The number of hydrogen-bond acceptors (Lipinski definition) is 1. The van der Waals surface area contributed by atoms with E-state index < -0.39 is 0 Å². The quantitative estimate of drug-likeness (QED) is 0.202. The van der Waals surface area contributed by atoms with Crippen LogP contribution < -0.4 is 0 Å². The fourth-order valence-corrected chi connectivity index (χ4v) is 7.46. The Labute approximate surface area is 265 Å². The van der Waals surface area contributed by atoms with Gasteiger partial charge in [0.2, 0.25) is 0 Å². The lowest BCUT2D eigenvalue weighted by atomic mass is 9.98. The zero-order valence-corrected chi connectivity index (χ0v) is 24.9. The standard InChI is InChI=1S/C43H27N3/c1-3-12-28(13-4-1)35-27-36(29-14-5-2-6-15-29)44-37-26-31(23-25-32(35)37)45-39-19-9-10-20-40(39)46-38-18-8-7-17-33(38)34-24-22-30-16-11-21-41(45)42(30)43(34)46/h1-27H. The first kappa shape index (κ1) is 25.2. The molecule has 214 valence electrons. The Hall–Kier alpha value is -6.19. The van der Waals surface area contributed by atoms with E-state index >= 15 is 0 Å². The average Bonchev–Trinajstić information content (AvgIpc) is 3.40. The molecule has 0 fully saturated rings. The van der Waals surface area contributed by atoms with Crippen LogP contribution >= 0.6 is 0 Å². The molecular formula is C43H27N3. The van der Waals surface area contributed by atoms with Gasteiger partial charge in [-0.1, -0.05) is 121 Å². The highest BCUT2D eigenvalue weighted by Gasteiger charge is 2.19. The van der Waals surface area contributed by atoms with Crippen LogP contribution in [0.3, 0.4) is 0 Å². The molecule has 3 nitrogen and oxygen atoms in total. The van der Waals surface area contributed by atoms with Crippen LogP contribution in [0, 0.1) is 0 Å². The molecule has 0 aliphatic heterocycles. The number of hydrogen-bond donors (Lipinski definition) is 0. The zero-order valence-electron chi connectivity index (χ0n) is 24.9. The van der Waals surface area contributed by atoms with Gasteiger partial charge in [0.25, 0.3) is 0 Å². The second-order valence-corrected chi connectivity index (χ2v) is 12.0. The van der Waals surface area contributed by atoms with Crippen LogP contribution in [-0.4, -0.2) is 14.0 Å². The Balaban J connectivity index is 1.37. The number of aromatic nitrogens is 3. The Bertz CT molecular complexity index is 2770. The Kier molecular flexibility index (Phi) is 5.28. The number of nitrogens with zero attached hydrogens (tertiary/aromatic N) is 3. The molecule has 0 aliphatic carbocycles. The van der Waals surface area contributed by atoms with Crippen LogP contribution in [0.25, 0.3) is 88.1 Å². The molecule has 10 rings (SSSR count). The molecule has 0 saturated heterocycles. The number of fused-ring (bicyclic) bond motifs is 6. The van der Waals surface area contributed by atoms with Gasteiger partial charge in [-0.25, -0.2) is 4.98 Å². The second-order valence-electron chi connectivity index (χ2n) is 12.0. The molecule has 0 bridgehead atoms. The van der Waals surface area contributed by atoms with Crippen molar-refractivity contribution in [1.29, 1.82) is 0 Å². The molecule has 0 N–H and O–H groups in total. The van der Waals surface area contributed by atoms with E-state index in [1.807, 2.05) is 0 Å². The van der Waals surface area contributed by atoms with Crippen molar-refractivity contribution in [2.24, 2.45) is 0 Å². The molecule has 0 amide bonds. The number of pyridine rings is 1. The molecule has 10 aromatic rings. The second kappa shape index (κ2) is 9.65. The summed E-state index contributed by atoms with van der Waals surface area (Å²) in [5.41, 5.74) is 12.4. The van der Waals surface area contributed by atoms with Crippen molar-refractivity contribution >= 4 is 60.0 Å². The smallest absolute Gasteiger partial charge is 0.0736 e. The van der Waals surface area contributed by atoms with Crippen LogP contribution in [0.1, 0.15) is 0 Å². The monoisotopic (exact) mass is 585 g/mol. The molecule has 0 radical (unpaired) electrons. The molecule has 0 atom stereocenters. The third-order valence-electron chi connectivity index (χ3n) is 9.47. The van der Waals surface area contributed by atoms with Gasteiger partial charge in [0.05, 0.1) is 38.8 Å². The minimum atomic E-state index is 0.967. The summed E-state index contributed by atoms with van der Waals surface area (Å²) >= 11 is 0. The number of benzene rings is 7. The summed E-state index contributed by atoms with van der Waals surface area (Å²) < 4.78 is 4.89. The van der Waals surface area contributed by atoms with Gasteiger partial charge in [0.1, 0.15) is 0 Å². The lowest BCUT2D eigenvalue weighted by Gasteiger charge is -2.15. The minimum Gasteiger partial charge on any atom is -0.308 e. The Morgan fingerprint density at radius 1 is 0.435 bits per heavy atom. The first-order valence-corrected chi connectivity index (χ1v) is 15.7. The van der Waals surface area contributed by atoms with E-state index in [1.54, 1.807) is 0 Å². The summed E-state index contributed by atoms with van der Waals surface area (Å²) in [6, 6.07) is 58.9. The molecule has 0 aliphatic rings.